The summed E-state index contributed by atoms with van der Waals surface area (Å²) < 4.78 is 45.2. The van der Waals surface area contributed by atoms with Crippen LogP contribution in [0.1, 0.15) is 43.0 Å². The van der Waals surface area contributed by atoms with Gasteiger partial charge in [0, 0.05) is 45.1 Å². The maximum atomic E-state index is 13.2. The average molecular weight is 556 g/mol. The molecule has 1 aliphatic rings. The van der Waals surface area contributed by atoms with Crippen LogP contribution in [-0.4, -0.2) is 63.8 Å². The predicted molar refractivity (Wildman–Crippen MR) is 147 cm³/mol. The molecule has 2 aromatic carbocycles. The van der Waals surface area contributed by atoms with Crippen molar-refractivity contribution < 1.29 is 27.8 Å². The van der Waals surface area contributed by atoms with Crippen molar-refractivity contribution >= 4 is 5.97 Å². The van der Waals surface area contributed by atoms with Gasteiger partial charge in [0.25, 0.3) is 0 Å². The lowest BCUT2D eigenvalue weighted by molar-refractivity contribution is -0.258. The zero-order valence-electron chi connectivity index (χ0n) is 23.3. The van der Waals surface area contributed by atoms with Crippen LogP contribution in [0, 0.1) is 6.92 Å². The molecule has 1 unspecified atom stereocenters. The summed E-state index contributed by atoms with van der Waals surface area (Å²) in [5.41, 5.74) is 1.72. The van der Waals surface area contributed by atoms with E-state index in [2.05, 4.69) is 20.9 Å². The van der Waals surface area contributed by atoms with Crippen LogP contribution in [0.5, 0.6) is 0 Å². The van der Waals surface area contributed by atoms with Gasteiger partial charge in [-0.25, -0.2) is 0 Å². The van der Waals surface area contributed by atoms with E-state index in [4.69, 9.17) is 4.74 Å². The van der Waals surface area contributed by atoms with Crippen molar-refractivity contribution in [2.24, 2.45) is 0 Å². The number of piperazine rings is 1. The predicted octanol–water partition coefficient (Wildman–Crippen LogP) is 5.46. The largest absolute Gasteiger partial charge is 0.462 e. The molecule has 2 atom stereocenters. The van der Waals surface area contributed by atoms with Crippen LogP contribution >= 0.6 is 0 Å². The lowest BCUT2D eigenvalue weighted by Crippen LogP contribution is -2.56. The van der Waals surface area contributed by atoms with Gasteiger partial charge in [0.15, 0.2) is 5.60 Å². The summed E-state index contributed by atoms with van der Waals surface area (Å²) in [5, 5.41) is 9.95. The van der Waals surface area contributed by atoms with Crippen molar-refractivity contribution in [2.45, 2.75) is 64.7 Å². The van der Waals surface area contributed by atoms with Crippen LogP contribution in [0.3, 0.4) is 0 Å². The van der Waals surface area contributed by atoms with E-state index in [0.29, 0.717) is 26.2 Å². The number of aliphatic hydroxyl groups is 1. The van der Waals surface area contributed by atoms with Crippen LogP contribution in [0.15, 0.2) is 67.0 Å². The molecule has 9 heteroatoms. The molecule has 4 rings (SSSR count). The Labute approximate surface area is 233 Å². The van der Waals surface area contributed by atoms with E-state index in [1.807, 2.05) is 45.0 Å². The van der Waals surface area contributed by atoms with E-state index in [-0.39, 0.29) is 17.6 Å². The number of esters is 1. The fraction of sp³-hybridized carbons (Fsp3) is 0.419. The third-order valence-electron chi connectivity index (χ3n) is 7.34. The third-order valence-corrected chi connectivity index (χ3v) is 7.34. The molecule has 0 saturated carbocycles. The molecule has 2 heterocycles. The number of halogens is 3. The molecule has 40 heavy (non-hydrogen) atoms. The van der Waals surface area contributed by atoms with Gasteiger partial charge in [-0.3, -0.25) is 19.6 Å². The first kappa shape index (κ1) is 29.7. The van der Waals surface area contributed by atoms with Crippen LogP contribution in [0.4, 0.5) is 13.2 Å². The average Bonchev–Trinajstić information content (AvgIpc) is 2.89. The molecule has 1 aliphatic heterocycles. The number of pyridine rings is 1. The Hall–Kier alpha value is -3.27. The van der Waals surface area contributed by atoms with Gasteiger partial charge in [-0.05, 0) is 73.2 Å². The third kappa shape index (κ3) is 6.89. The number of hydrogen-bond acceptors (Lipinski definition) is 6. The second kappa shape index (κ2) is 12.1. The fourth-order valence-electron chi connectivity index (χ4n) is 5.01. The van der Waals surface area contributed by atoms with Gasteiger partial charge in [0.2, 0.25) is 0 Å². The first-order valence-electron chi connectivity index (χ1n) is 13.4. The molecule has 1 saturated heterocycles. The lowest BCUT2D eigenvalue weighted by atomic mass is 9.92. The maximum absolute atomic E-state index is 13.2. The Morgan fingerprint density at radius 2 is 1.70 bits per heavy atom. The zero-order chi connectivity index (χ0) is 29.1. The van der Waals surface area contributed by atoms with Crippen molar-refractivity contribution in [3.05, 3.63) is 89.2 Å². The first-order chi connectivity index (χ1) is 18.8. The number of ether oxygens (including phenoxy) is 1. The Balaban J connectivity index is 1.46. The molecule has 1 N–H and O–H groups in total. The highest BCUT2D eigenvalue weighted by Gasteiger charge is 2.51. The summed E-state index contributed by atoms with van der Waals surface area (Å²) in [6.07, 6.45) is -1.46. The number of carbonyl (C=O) groups excluding carboxylic acids is 1. The van der Waals surface area contributed by atoms with Crippen molar-refractivity contribution in [2.75, 3.05) is 19.6 Å². The van der Waals surface area contributed by atoms with E-state index in [1.165, 1.54) is 12.1 Å². The molecular weight excluding hydrogens is 519 g/mol. The normalized spacial score (nSPS) is 18.5. The number of nitrogens with zero attached hydrogens (tertiary/aromatic N) is 3. The Morgan fingerprint density at radius 3 is 2.30 bits per heavy atom. The summed E-state index contributed by atoms with van der Waals surface area (Å²) in [5.74, 6) is -0.228. The van der Waals surface area contributed by atoms with Crippen LogP contribution in [0.2, 0.25) is 0 Å². The minimum atomic E-state index is -4.76. The second-order valence-corrected chi connectivity index (χ2v) is 10.9. The quantitative estimate of drug-likeness (QED) is 0.372. The molecule has 3 aromatic rings. The molecular formula is C31H36F3N3O3. The number of alkyl halides is 3. The van der Waals surface area contributed by atoms with Gasteiger partial charge in [-0.1, -0.05) is 42.5 Å². The number of aryl methyl sites for hydroxylation is 1. The molecule has 0 amide bonds. The highest BCUT2D eigenvalue weighted by atomic mass is 19.4. The number of carbonyl (C=O) groups is 1. The molecule has 0 bridgehead atoms. The van der Waals surface area contributed by atoms with E-state index < -0.39 is 17.8 Å². The van der Waals surface area contributed by atoms with Crippen LogP contribution in [0.25, 0.3) is 11.1 Å². The monoisotopic (exact) mass is 555 g/mol. The first-order valence-corrected chi connectivity index (χ1v) is 13.4. The number of rotatable bonds is 8. The van der Waals surface area contributed by atoms with Crippen molar-refractivity contribution in [1.82, 2.24) is 14.8 Å². The molecule has 0 radical (unpaired) electrons. The van der Waals surface area contributed by atoms with E-state index >= 15 is 0 Å². The van der Waals surface area contributed by atoms with Gasteiger partial charge < -0.3 is 9.84 Å². The lowest BCUT2D eigenvalue weighted by Gasteiger charge is -2.40. The fourth-order valence-corrected chi connectivity index (χ4v) is 5.01. The number of aromatic nitrogens is 1. The van der Waals surface area contributed by atoms with E-state index in [9.17, 15) is 23.1 Å². The number of benzene rings is 2. The van der Waals surface area contributed by atoms with Gasteiger partial charge in [0.05, 0.1) is 6.10 Å². The standard InChI is InChI=1S/C31H36F3N3O3/c1-21(2)40-29(38)28-20-36(15-16-37(28)19-23-11-13-35-14-12-23)18-24-5-10-27(22(3)17-24)25-6-8-26(9-7-25)30(4,39)31(32,33)34/h5-14,17,21,28,39H,15-16,18-20H2,1-4H3/t28-,30?/m1/s1. The van der Waals surface area contributed by atoms with Gasteiger partial charge >= 0.3 is 12.1 Å². The van der Waals surface area contributed by atoms with Gasteiger partial charge in [-0.15, -0.1) is 0 Å². The molecule has 0 spiro atoms. The van der Waals surface area contributed by atoms with Crippen molar-refractivity contribution in [3.63, 3.8) is 0 Å². The minimum Gasteiger partial charge on any atom is -0.462 e. The topological polar surface area (TPSA) is 65.9 Å². The van der Waals surface area contributed by atoms with E-state index in [1.54, 1.807) is 24.5 Å². The highest BCUT2D eigenvalue weighted by Crippen LogP contribution is 2.39. The van der Waals surface area contributed by atoms with Gasteiger partial charge in [0.1, 0.15) is 6.04 Å². The summed E-state index contributed by atoms with van der Waals surface area (Å²) in [7, 11) is 0. The number of hydrogen-bond donors (Lipinski definition) is 1. The van der Waals surface area contributed by atoms with E-state index in [0.717, 1.165) is 41.3 Å². The SMILES string of the molecule is Cc1cc(CN2CCN(Cc3ccncc3)[C@@H](C(=O)OC(C)C)C2)ccc1-c1ccc(C(C)(O)C(F)(F)F)cc1. The van der Waals surface area contributed by atoms with Crippen molar-refractivity contribution in [1.29, 1.82) is 0 Å². The summed E-state index contributed by atoms with van der Waals surface area (Å²) in [4.78, 5) is 21.5. The molecule has 1 aromatic heterocycles. The minimum absolute atomic E-state index is 0.200. The maximum Gasteiger partial charge on any atom is 0.421 e. The summed E-state index contributed by atoms with van der Waals surface area (Å²) in [6, 6.07) is 15.4. The zero-order valence-corrected chi connectivity index (χ0v) is 23.3. The Morgan fingerprint density at radius 1 is 1.02 bits per heavy atom. The smallest absolute Gasteiger partial charge is 0.421 e. The van der Waals surface area contributed by atoms with Crippen LogP contribution in [-0.2, 0) is 28.2 Å². The summed E-state index contributed by atoms with van der Waals surface area (Å²) >= 11 is 0. The molecule has 1 fully saturated rings. The van der Waals surface area contributed by atoms with Crippen LogP contribution < -0.4 is 0 Å². The molecule has 0 aliphatic carbocycles. The molecule has 214 valence electrons. The second-order valence-electron chi connectivity index (χ2n) is 10.9. The highest BCUT2D eigenvalue weighted by molar-refractivity contribution is 5.76. The molecule has 6 nitrogen and oxygen atoms in total. The Bertz CT molecular complexity index is 1290. The van der Waals surface area contributed by atoms with Gasteiger partial charge in [-0.2, -0.15) is 13.2 Å². The Kier molecular flexibility index (Phi) is 8.97. The van der Waals surface area contributed by atoms with Crippen molar-refractivity contribution in [3.8, 4) is 11.1 Å². The summed E-state index contributed by atoms with van der Waals surface area (Å²) in [6.45, 7) is 9.76.